The third-order valence-electron chi connectivity index (χ3n) is 2.87. The van der Waals surface area contributed by atoms with Crippen LogP contribution >= 0.6 is 34.8 Å². The van der Waals surface area contributed by atoms with Gasteiger partial charge in [-0.05, 0) is 42.5 Å². The summed E-state index contributed by atoms with van der Waals surface area (Å²) in [6.07, 6.45) is 0. The van der Waals surface area contributed by atoms with Gasteiger partial charge in [-0.3, -0.25) is 9.10 Å². The molecule has 1 N–H and O–H groups in total. The van der Waals surface area contributed by atoms with Gasteiger partial charge >= 0.3 is 5.97 Å². The number of anilines is 1. The lowest BCUT2D eigenvalue weighted by Gasteiger charge is -2.23. The van der Waals surface area contributed by atoms with Gasteiger partial charge in [-0.25, -0.2) is 8.42 Å². The summed E-state index contributed by atoms with van der Waals surface area (Å²) in [5, 5.41) is 9.75. The average molecular weight is 395 g/mol. The molecule has 0 aliphatic rings. The predicted molar refractivity (Wildman–Crippen MR) is 90.1 cm³/mol. The number of sulfonamides is 1. The lowest BCUT2D eigenvalue weighted by molar-refractivity contribution is -0.135. The van der Waals surface area contributed by atoms with Crippen molar-refractivity contribution in [3.63, 3.8) is 0 Å². The van der Waals surface area contributed by atoms with Gasteiger partial charge in [-0.2, -0.15) is 0 Å². The minimum absolute atomic E-state index is 0.0887. The van der Waals surface area contributed by atoms with E-state index in [1.165, 1.54) is 42.5 Å². The summed E-state index contributed by atoms with van der Waals surface area (Å²) in [6.45, 7) is -0.761. The Morgan fingerprint density at radius 3 is 2.13 bits per heavy atom. The van der Waals surface area contributed by atoms with Crippen molar-refractivity contribution in [3.05, 3.63) is 57.5 Å². The summed E-state index contributed by atoms with van der Waals surface area (Å²) < 4.78 is 26.2. The molecule has 23 heavy (non-hydrogen) atoms. The first-order chi connectivity index (χ1) is 10.7. The second-order valence-electron chi connectivity index (χ2n) is 4.46. The number of hydrogen-bond acceptors (Lipinski definition) is 3. The minimum Gasteiger partial charge on any atom is -0.480 e. The van der Waals surface area contributed by atoms with Crippen molar-refractivity contribution < 1.29 is 18.3 Å². The molecule has 0 fully saturated rings. The molecule has 0 aliphatic heterocycles. The molecule has 122 valence electrons. The van der Waals surface area contributed by atoms with E-state index >= 15 is 0 Å². The van der Waals surface area contributed by atoms with E-state index in [-0.39, 0.29) is 20.6 Å². The zero-order chi connectivity index (χ0) is 17.2. The van der Waals surface area contributed by atoms with E-state index in [1.807, 2.05) is 0 Å². The van der Waals surface area contributed by atoms with Crippen LogP contribution in [-0.4, -0.2) is 26.0 Å². The number of rotatable bonds is 5. The van der Waals surface area contributed by atoms with Crippen LogP contribution in [0.5, 0.6) is 0 Å². The molecule has 0 radical (unpaired) electrons. The van der Waals surface area contributed by atoms with Crippen LogP contribution in [0.2, 0.25) is 15.1 Å². The van der Waals surface area contributed by atoms with Crippen LogP contribution in [0, 0.1) is 0 Å². The normalized spacial score (nSPS) is 11.3. The maximum Gasteiger partial charge on any atom is 0.324 e. The maximum atomic E-state index is 12.7. The Balaban J connectivity index is 2.55. The summed E-state index contributed by atoms with van der Waals surface area (Å²) in [5.41, 5.74) is 0.0942. The van der Waals surface area contributed by atoms with Crippen molar-refractivity contribution in [2.45, 2.75) is 4.90 Å². The molecule has 0 saturated carbocycles. The Bertz CT molecular complexity index is 838. The standard InChI is InChI=1S/C14H10Cl3NO4S/c15-9-1-4-11(5-2-9)23(21,22)18(8-14(19)20)10-3-6-12(16)13(17)7-10/h1-7H,8H2,(H,19,20). The summed E-state index contributed by atoms with van der Waals surface area (Å²) in [5.74, 6) is -1.31. The molecular formula is C14H10Cl3NO4S. The smallest absolute Gasteiger partial charge is 0.324 e. The fourth-order valence-corrected chi connectivity index (χ4v) is 3.64. The topological polar surface area (TPSA) is 74.7 Å². The zero-order valence-electron chi connectivity index (χ0n) is 11.4. The summed E-state index contributed by atoms with van der Waals surface area (Å²) in [7, 11) is -4.10. The third-order valence-corrected chi connectivity index (χ3v) is 5.65. The molecule has 2 aromatic carbocycles. The van der Waals surface area contributed by atoms with Crippen LogP contribution in [0.1, 0.15) is 0 Å². The summed E-state index contributed by atoms with van der Waals surface area (Å²) in [6, 6.07) is 9.47. The molecule has 9 heteroatoms. The van der Waals surface area contributed by atoms with Crippen molar-refractivity contribution in [2.24, 2.45) is 0 Å². The molecule has 0 spiro atoms. The Hall–Kier alpha value is -1.47. The fourth-order valence-electron chi connectivity index (χ4n) is 1.81. The van der Waals surface area contributed by atoms with Gasteiger partial charge in [0.1, 0.15) is 6.54 Å². The van der Waals surface area contributed by atoms with E-state index in [1.54, 1.807) is 0 Å². The van der Waals surface area contributed by atoms with Crippen LogP contribution in [0.25, 0.3) is 0 Å². The Labute approximate surface area is 148 Å². The van der Waals surface area contributed by atoms with Crippen LogP contribution < -0.4 is 4.31 Å². The van der Waals surface area contributed by atoms with Crippen LogP contribution in [-0.2, 0) is 14.8 Å². The van der Waals surface area contributed by atoms with Gasteiger partial charge in [0.05, 0.1) is 20.6 Å². The number of benzene rings is 2. The maximum absolute atomic E-state index is 12.7. The van der Waals surface area contributed by atoms with Gasteiger partial charge in [0.2, 0.25) is 0 Å². The monoisotopic (exact) mass is 393 g/mol. The van der Waals surface area contributed by atoms with Crippen molar-refractivity contribution in [1.29, 1.82) is 0 Å². The molecule has 0 saturated heterocycles. The van der Waals surface area contributed by atoms with E-state index < -0.39 is 22.5 Å². The number of nitrogens with zero attached hydrogens (tertiary/aromatic N) is 1. The highest BCUT2D eigenvalue weighted by molar-refractivity contribution is 7.92. The van der Waals surface area contributed by atoms with Gasteiger partial charge in [-0.15, -0.1) is 0 Å². The third kappa shape index (κ3) is 4.09. The lowest BCUT2D eigenvalue weighted by atomic mass is 10.3. The predicted octanol–water partition coefficient (Wildman–Crippen LogP) is 3.93. The molecule has 2 aromatic rings. The number of carbonyl (C=O) groups is 1. The first-order valence-electron chi connectivity index (χ1n) is 6.17. The number of aliphatic carboxylic acids is 1. The number of carboxylic acids is 1. The molecule has 0 bridgehead atoms. The minimum atomic E-state index is -4.10. The van der Waals surface area contributed by atoms with Gasteiger partial charge < -0.3 is 5.11 Å². The lowest BCUT2D eigenvalue weighted by Crippen LogP contribution is -2.35. The Morgan fingerprint density at radius 1 is 1.00 bits per heavy atom. The van der Waals surface area contributed by atoms with E-state index in [9.17, 15) is 13.2 Å². The molecule has 0 heterocycles. The van der Waals surface area contributed by atoms with Gasteiger partial charge in [0.25, 0.3) is 10.0 Å². The zero-order valence-corrected chi connectivity index (χ0v) is 14.5. The first kappa shape index (κ1) is 17.9. The quantitative estimate of drug-likeness (QED) is 0.834. The average Bonchev–Trinajstić information content (AvgIpc) is 2.48. The number of halogens is 3. The molecule has 2 rings (SSSR count). The first-order valence-corrected chi connectivity index (χ1v) is 8.74. The van der Waals surface area contributed by atoms with Gasteiger partial charge in [0, 0.05) is 5.02 Å². The number of carboxylic acid groups (broad SMARTS) is 1. The molecule has 0 atom stereocenters. The highest BCUT2D eigenvalue weighted by Crippen LogP contribution is 2.30. The van der Waals surface area contributed by atoms with Crippen molar-refractivity contribution >= 4 is 56.5 Å². The highest BCUT2D eigenvalue weighted by atomic mass is 35.5. The van der Waals surface area contributed by atoms with Gasteiger partial charge in [0.15, 0.2) is 0 Å². The second kappa shape index (κ2) is 6.97. The molecule has 5 nitrogen and oxygen atoms in total. The van der Waals surface area contributed by atoms with Crippen molar-refractivity contribution in [1.82, 2.24) is 0 Å². The molecular weight excluding hydrogens is 385 g/mol. The van der Waals surface area contributed by atoms with E-state index in [0.717, 1.165) is 4.31 Å². The molecule has 0 unspecified atom stereocenters. The van der Waals surface area contributed by atoms with Crippen LogP contribution in [0.15, 0.2) is 47.4 Å². The number of hydrogen-bond donors (Lipinski definition) is 1. The molecule has 0 aromatic heterocycles. The summed E-state index contributed by atoms with van der Waals surface area (Å²) >= 11 is 17.4. The SMILES string of the molecule is O=C(O)CN(c1ccc(Cl)c(Cl)c1)S(=O)(=O)c1ccc(Cl)cc1. The van der Waals surface area contributed by atoms with E-state index in [2.05, 4.69) is 0 Å². The van der Waals surface area contributed by atoms with Gasteiger partial charge in [-0.1, -0.05) is 34.8 Å². The Morgan fingerprint density at radius 2 is 1.61 bits per heavy atom. The fraction of sp³-hybridized carbons (Fsp3) is 0.0714. The largest absolute Gasteiger partial charge is 0.480 e. The molecule has 0 amide bonds. The highest BCUT2D eigenvalue weighted by Gasteiger charge is 2.27. The van der Waals surface area contributed by atoms with Crippen molar-refractivity contribution in [3.8, 4) is 0 Å². The van der Waals surface area contributed by atoms with E-state index in [4.69, 9.17) is 39.9 Å². The second-order valence-corrected chi connectivity index (χ2v) is 7.57. The van der Waals surface area contributed by atoms with Crippen LogP contribution in [0.4, 0.5) is 5.69 Å². The molecule has 0 aliphatic carbocycles. The van der Waals surface area contributed by atoms with E-state index in [0.29, 0.717) is 5.02 Å². The summed E-state index contributed by atoms with van der Waals surface area (Å²) in [4.78, 5) is 11.0. The van der Waals surface area contributed by atoms with Crippen LogP contribution in [0.3, 0.4) is 0 Å². The van der Waals surface area contributed by atoms with Crippen molar-refractivity contribution in [2.75, 3.05) is 10.8 Å². The Kier molecular flexibility index (Phi) is 5.41.